The van der Waals surface area contributed by atoms with Gasteiger partial charge in [-0.15, -0.1) is 0 Å². The molecule has 0 unspecified atom stereocenters. The van der Waals surface area contributed by atoms with E-state index in [4.69, 9.17) is 4.74 Å². The number of halogens is 1. The number of hydrogen-bond acceptors (Lipinski definition) is 3. The van der Waals surface area contributed by atoms with Gasteiger partial charge in [-0.1, -0.05) is 0 Å². The summed E-state index contributed by atoms with van der Waals surface area (Å²) in [5, 5.41) is 10.3. The van der Waals surface area contributed by atoms with Crippen LogP contribution in [0.4, 0.5) is 10.1 Å². The van der Waals surface area contributed by atoms with Crippen molar-refractivity contribution in [2.75, 3.05) is 7.11 Å². The normalized spacial score (nSPS) is 9.69. The monoisotopic (exact) mass is 185 g/mol. The van der Waals surface area contributed by atoms with Gasteiger partial charge in [0.2, 0.25) is 0 Å². The number of nitrogens with zero attached hydrogens (tertiary/aromatic N) is 1. The minimum Gasteiger partial charge on any atom is -0.496 e. The fourth-order valence-corrected chi connectivity index (χ4v) is 0.983. The average Bonchev–Trinajstić information content (AvgIpc) is 2.16. The largest absolute Gasteiger partial charge is 0.496 e. The first kappa shape index (κ1) is 9.44. The van der Waals surface area contributed by atoms with Gasteiger partial charge in [0.05, 0.1) is 12.0 Å². The van der Waals surface area contributed by atoms with Crippen molar-refractivity contribution in [1.82, 2.24) is 0 Å². The third kappa shape index (κ3) is 1.93. The Morgan fingerprint density at radius 2 is 2.31 bits per heavy atom. The second kappa shape index (κ2) is 3.84. The number of alkyl halides is 1. The van der Waals surface area contributed by atoms with Crippen LogP contribution in [0.1, 0.15) is 5.56 Å². The molecule has 0 amide bonds. The predicted molar refractivity (Wildman–Crippen MR) is 44.5 cm³/mol. The molecule has 1 rings (SSSR count). The van der Waals surface area contributed by atoms with E-state index < -0.39 is 11.6 Å². The van der Waals surface area contributed by atoms with Gasteiger partial charge in [-0.05, 0) is 6.07 Å². The second-order valence-corrected chi connectivity index (χ2v) is 2.39. The van der Waals surface area contributed by atoms with Gasteiger partial charge in [-0.3, -0.25) is 10.1 Å². The molecule has 0 saturated carbocycles. The molecule has 0 fully saturated rings. The molecule has 4 nitrogen and oxygen atoms in total. The van der Waals surface area contributed by atoms with Crippen LogP contribution in [-0.2, 0) is 6.67 Å². The van der Waals surface area contributed by atoms with E-state index in [1.807, 2.05) is 0 Å². The number of ether oxygens (including phenoxy) is 1. The molecule has 0 aromatic heterocycles. The molecule has 5 heteroatoms. The van der Waals surface area contributed by atoms with E-state index >= 15 is 0 Å². The number of rotatable bonds is 3. The van der Waals surface area contributed by atoms with Gasteiger partial charge in [0.1, 0.15) is 12.4 Å². The van der Waals surface area contributed by atoms with Crippen LogP contribution in [0.3, 0.4) is 0 Å². The van der Waals surface area contributed by atoms with Gasteiger partial charge in [0, 0.05) is 17.7 Å². The third-order valence-corrected chi connectivity index (χ3v) is 1.62. The summed E-state index contributed by atoms with van der Waals surface area (Å²) in [5.74, 6) is 0.327. The summed E-state index contributed by atoms with van der Waals surface area (Å²) in [6.07, 6.45) is 0. The zero-order valence-electron chi connectivity index (χ0n) is 6.99. The molecule has 0 aliphatic carbocycles. The molecule has 13 heavy (non-hydrogen) atoms. The second-order valence-electron chi connectivity index (χ2n) is 2.39. The van der Waals surface area contributed by atoms with E-state index in [0.717, 1.165) is 0 Å². The Labute approximate surface area is 74.1 Å². The molecular weight excluding hydrogens is 177 g/mol. The van der Waals surface area contributed by atoms with Crippen molar-refractivity contribution < 1.29 is 14.1 Å². The van der Waals surface area contributed by atoms with E-state index in [1.54, 1.807) is 0 Å². The first-order valence-electron chi connectivity index (χ1n) is 3.56. The van der Waals surface area contributed by atoms with Crippen molar-refractivity contribution in [3.63, 3.8) is 0 Å². The summed E-state index contributed by atoms with van der Waals surface area (Å²) in [6.45, 7) is -0.773. The fraction of sp³-hybridized carbons (Fsp3) is 0.250. The Balaban J connectivity index is 3.13. The quantitative estimate of drug-likeness (QED) is 0.535. The van der Waals surface area contributed by atoms with E-state index in [2.05, 4.69) is 0 Å². The summed E-state index contributed by atoms with van der Waals surface area (Å²) >= 11 is 0. The summed E-state index contributed by atoms with van der Waals surface area (Å²) < 4.78 is 17.1. The zero-order valence-corrected chi connectivity index (χ0v) is 6.99. The maximum atomic E-state index is 12.3. The van der Waals surface area contributed by atoms with Crippen molar-refractivity contribution in [3.05, 3.63) is 33.9 Å². The molecule has 0 bridgehead atoms. The molecule has 1 aromatic carbocycles. The van der Waals surface area contributed by atoms with Crippen LogP contribution in [0.5, 0.6) is 5.75 Å². The summed E-state index contributed by atoms with van der Waals surface area (Å²) in [6, 6.07) is 3.82. The molecule has 70 valence electrons. The van der Waals surface area contributed by atoms with E-state index in [0.29, 0.717) is 5.75 Å². The van der Waals surface area contributed by atoms with Crippen molar-refractivity contribution in [3.8, 4) is 5.75 Å². The number of methoxy groups -OCH3 is 1. The zero-order chi connectivity index (χ0) is 9.84. The molecule has 0 radical (unpaired) electrons. The summed E-state index contributed by atoms with van der Waals surface area (Å²) in [5.41, 5.74) is 0.0603. The highest BCUT2D eigenvalue weighted by atomic mass is 19.1. The van der Waals surface area contributed by atoms with Gasteiger partial charge in [-0.25, -0.2) is 4.39 Å². The van der Waals surface area contributed by atoms with Crippen molar-refractivity contribution in [1.29, 1.82) is 0 Å². The maximum Gasteiger partial charge on any atom is 0.270 e. The van der Waals surface area contributed by atoms with Crippen molar-refractivity contribution in [2.24, 2.45) is 0 Å². The third-order valence-electron chi connectivity index (χ3n) is 1.62. The predicted octanol–water partition coefficient (Wildman–Crippen LogP) is 2.07. The lowest BCUT2D eigenvalue weighted by Crippen LogP contribution is -1.93. The van der Waals surface area contributed by atoms with E-state index in [-0.39, 0.29) is 11.3 Å². The Bertz CT molecular complexity index is 327. The number of nitro benzene ring substituents is 1. The van der Waals surface area contributed by atoms with Gasteiger partial charge >= 0.3 is 0 Å². The molecular formula is C8H8FNO3. The lowest BCUT2D eigenvalue weighted by molar-refractivity contribution is -0.385. The summed E-state index contributed by atoms with van der Waals surface area (Å²) in [4.78, 5) is 9.74. The lowest BCUT2D eigenvalue weighted by atomic mass is 10.2. The Kier molecular flexibility index (Phi) is 2.79. The smallest absolute Gasteiger partial charge is 0.270 e. The average molecular weight is 185 g/mol. The number of hydrogen-bond donors (Lipinski definition) is 0. The molecule has 1 aromatic rings. The molecule has 0 spiro atoms. The highest BCUT2D eigenvalue weighted by Crippen LogP contribution is 2.24. The topological polar surface area (TPSA) is 52.4 Å². The van der Waals surface area contributed by atoms with Crippen LogP contribution in [0, 0.1) is 10.1 Å². The highest BCUT2D eigenvalue weighted by Gasteiger charge is 2.10. The first-order valence-corrected chi connectivity index (χ1v) is 3.56. The van der Waals surface area contributed by atoms with Gasteiger partial charge in [0.15, 0.2) is 0 Å². The standard InChI is InChI=1S/C8H8FNO3/c1-13-8-3-2-7(10(11)12)4-6(8)5-9/h2-4H,5H2,1H3. The fourth-order valence-electron chi connectivity index (χ4n) is 0.983. The van der Waals surface area contributed by atoms with Gasteiger partial charge < -0.3 is 4.74 Å². The number of nitro groups is 1. The van der Waals surface area contributed by atoms with Crippen molar-refractivity contribution >= 4 is 5.69 Å². The van der Waals surface area contributed by atoms with Crippen LogP contribution in [-0.4, -0.2) is 12.0 Å². The minimum absolute atomic E-state index is 0.131. The molecule has 0 saturated heterocycles. The minimum atomic E-state index is -0.773. The van der Waals surface area contributed by atoms with Crippen LogP contribution in [0.25, 0.3) is 0 Å². The van der Waals surface area contributed by atoms with Crippen LogP contribution < -0.4 is 4.74 Å². The highest BCUT2D eigenvalue weighted by molar-refractivity contribution is 5.43. The Morgan fingerprint density at radius 1 is 1.62 bits per heavy atom. The molecule has 0 aliphatic rings. The van der Waals surface area contributed by atoms with E-state index in [9.17, 15) is 14.5 Å². The lowest BCUT2D eigenvalue weighted by Gasteiger charge is -2.03. The van der Waals surface area contributed by atoms with Crippen LogP contribution >= 0.6 is 0 Å². The van der Waals surface area contributed by atoms with Crippen molar-refractivity contribution in [2.45, 2.75) is 6.67 Å². The molecule has 0 aliphatic heterocycles. The molecule has 0 atom stereocenters. The van der Waals surface area contributed by atoms with Gasteiger partial charge in [-0.2, -0.15) is 0 Å². The van der Waals surface area contributed by atoms with Gasteiger partial charge in [0.25, 0.3) is 5.69 Å². The number of benzene rings is 1. The SMILES string of the molecule is COc1ccc([N+](=O)[O-])cc1CF. The maximum absolute atomic E-state index is 12.3. The van der Waals surface area contributed by atoms with Crippen LogP contribution in [0.2, 0.25) is 0 Å². The Hall–Kier alpha value is -1.65. The molecule has 0 N–H and O–H groups in total. The van der Waals surface area contributed by atoms with E-state index in [1.165, 1.54) is 25.3 Å². The molecule has 0 heterocycles. The Morgan fingerprint density at radius 3 is 2.77 bits per heavy atom. The number of non-ortho nitro benzene ring substituents is 1. The summed E-state index contributed by atoms with van der Waals surface area (Å²) in [7, 11) is 1.39. The van der Waals surface area contributed by atoms with Crippen LogP contribution in [0.15, 0.2) is 18.2 Å². The first-order chi connectivity index (χ1) is 6.19.